The molecule has 2 rings (SSSR count). The van der Waals surface area contributed by atoms with Crippen LogP contribution in [0.25, 0.3) is 5.57 Å². The van der Waals surface area contributed by atoms with Gasteiger partial charge in [-0.05, 0) is 39.8 Å². The van der Waals surface area contributed by atoms with E-state index in [1.165, 1.54) is 25.2 Å². The van der Waals surface area contributed by atoms with Crippen LogP contribution in [0.1, 0.15) is 43.3 Å². The number of hydrogen-bond acceptors (Lipinski definition) is 6. The minimum Gasteiger partial charge on any atom is -0.381 e. The lowest BCUT2D eigenvalue weighted by atomic mass is 10.00. The number of pyridine rings is 1. The second kappa shape index (κ2) is 10.0. The third-order valence-electron chi connectivity index (χ3n) is 4.13. The second-order valence-electron chi connectivity index (χ2n) is 7.76. The van der Waals surface area contributed by atoms with Gasteiger partial charge in [-0.1, -0.05) is 24.3 Å². The summed E-state index contributed by atoms with van der Waals surface area (Å²) in [6, 6.07) is 3.53. The normalized spacial score (nSPS) is 13.1. The fourth-order valence-corrected chi connectivity index (χ4v) is 3.71. The highest BCUT2D eigenvalue weighted by atomic mass is 35.5. The zero-order valence-electron chi connectivity index (χ0n) is 17.9. The minimum absolute atomic E-state index is 0.181. The lowest BCUT2D eigenvalue weighted by Gasteiger charge is -2.26. The molecule has 0 atom stereocenters. The van der Waals surface area contributed by atoms with Crippen molar-refractivity contribution in [2.24, 2.45) is 10.7 Å². The predicted molar refractivity (Wildman–Crippen MR) is 125 cm³/mol. The van der Waals surface area contributed by atoms with Crippen LogP contribution in [0.3, 0.4) is 0 Å². The molecule has 2 aromatic heterocycles. The Morgan fingerprint density at radius 3 is 2.71 bits per heavy atom. The highest BCUT2D eigenvalue weighted by molar-refractivity contribution is 7.12. The van der Waals surface area contributed by atoms with Crippen LogP contribution in [-0.2, 0) is 16.9 Å². The van der Waals surface area contributed by atoms with Crippen molar-refractivity contribution in [2.45, 2.75) is 45.4 Å². The lowest BCUT2D eigenvalue weighted by Crippen LogP contribution is -2.45. The van der Waals surface area contributed by atoms with Gasteiger partial charge in [-0.2, -0.15) is 0 Å². The summed E-state index contributed by atoms with van der Waals surface area (Å²) in [4.78, 5) is 25.6. The summed E-state index contributed by atoms with van der Waals surface area (Å²) in [5.41, 5.74) is 5.30. The molecule has 0 saturated carbocycles. The number of aliphatic hydroxyl groups is 1. The van der Waals surface area contributed by atoms with Crippen molar-refractivity contribution in [3.8, 4) is 0 Å². The maximum Gasteiger partial charge on any atom is 0.251 e. The SMILES string of the molecule is C=C/C(=C\N=C(/N)NC(C)(C)c1ncccc1Cl)c1ncc(CNC(=O)C(C)(C)O)s1. The number of thiazole rings is 1. The predicted octanol–water partition coefficient (Wildman–Crippen LogP) is 2.95. The molecule has 166 valence electrons. The zero-order chi connectivity index (χ0) is 23.2. The van der Waals surface area contributed by atoms with E-state index in [0.717, 1.165) is 4.88 Å². The van der Waals surface area contributed by atoms with E-state index in [1.807, 2.05) is 13.8 Å². The largest absolute Gasteiger partial charge is 0.381 e. The number of hydrogen-bond donors (Lipinski definition) is 4. The van der Waals surface area contributed by atoms with Crippen LogP contribution in [-0.4, -0.2) is 32.5 Å². The molecule has 0 aromatic carbocycles. The summed E-state index contributed by atoms with van der Waals surface area (Å²) in [6.45, 7) is 10.7. The van der Waals surface area contributed by atoms with E-state index >= 15 is 0 Å². The fraction of sp³-hybridized carbons (Fsp3) is 0.333. The number of halogens is 1. The van der Waals surface area contributed by atoms with Gasteiger partial charge in [-0.3, -0.25) is 9.78 Å². The molecule has 5 N–H and O–H groups in total. The molecule has 0 saturated heterocycles. The van der Waals surface area contributed by atoms with Crippen LogP contribution in [0, 0.1) is 0 Å². The van der Waals surface area contributed by atoms with Crippen molar-refractivity contribution < 1.29 is 9.90 Å². The Morgan fingerprint density at radius 2 is 2.10 bits per heavy atom. The van der Waals surface area contributed by atoms with Gasteiger partial charge in [-0.25, -0.2) is 9.98 Å². The average molecular weight is 463 g/mol. The number of carbonyl (C=O) groups is 1. The first-order valence-corrected chi connectivity index (χ1v) is 10.6. The monoisotopic (exact) mass is 462 g/mol. The fourth-order valence-electron chi connectivity index (χ4n) is 2.50. The van der Waals surface area contributed by atoms with E-state index in [0.29, 0.717) is 21.3 Å². The molecule has 0 fully saturated rings. The Labute approximate surface area is 191 Å². The molecule has 0 aliphatic carbocycles. The van der Waals surface area contributed by atoms with Crippen molar-refractivity contribution in [2.75, 3.05) is 0 Å². The Balaban J connectivity index is 2.10. The standard InChI is InChI=1S/C21H27ClN6O2S/c1-6-13(17-25-11-14(31-17)12-26-18(29)21(4,5)30)10-27-19(23)28-20(2,3)16-15(22)8-7-9-24-16/h6-11,30H,1,12H2,2-5H3,(H,26,29)(H3,23,27,28)/b13-10+. The zero-order valence-corrected chi connectivity index (χ0v) is 19.5. The maximum atomic E-state index is 11.8. The van der Waals surface area contributed by atoms with Crippen LogP contribution in [0.5, 0.6) is 0 Å². The molecular formula is C21H27ClN6O2S. The van der Waals surface area contributed by atoms with Gasteiger partial charge in [0.05, 0.1) is 22.8 Å². The number of allylic oxidation sites excluding steroid dienone is 2. The van der Waals surface area contributed by atoms with E-state index in [2.05, 4.69) is 32.2 Å². The number of nitrogens with one attached hydrogen (secondary N) is 2. The number of aromatic nitrogens is 2. The first kappa shape index (κ1) is 24.5. The Morgan fingerprint density at radius 1 is 1.39 bits per heavy atom. The van der Waals surface area contributed by atoms with E-state index in [4.69, 9.17) is 17.3 Å². The van der Waals surface area contributed by atoms with Gasteiger partial charge >= 0.3 is 0 Å². The summed E-state index contributed by atoms with van der Waals surface area (Å²) < 4.78 is 0. The van der Waals surface area contributed by atoms with Gasteiger partial charge in [0.2, 0.25) is 0 Å². The van der Waals surface area contributed by atoms with Crippen LogP contribution < -0.4 is 16.4 Å². The third-order valence-corrected chi connectivity index (χ3v) is 5.48. The number of carbonyl (C=O) groups excluding carboxylic acids is 1. The van der Waals surface area contributed by atoms with Gasteiger partial charge in [0.25, 0.3) is 5.91 Å². The number of amides is 1. The molecule has 2 aromatic rings. The summed E-state index contributed by atoms with van der Waals surface area (Å²) in [6.07, 6.45) is 6.50. The van der Waals surface area contributed by atoms with Crippen molar-refractivity contribution in [3.63, 3.8) is 0 Å². The number of guanidine groups is 1. The number of aliphatic imine (C=N–C) groups is 1. The molecule has 0 radical (unpaired) electrons. The lowest BCUT2D eigenvalue weighted by molar-refractivity contribution is -0.136. The smallest absolute Gasteiger partial charge is 0.251 e. The Hall–Kier alpha value is -2.75. The van der Waals surface area contributed by atoms with Crippen LogP contribution in [0.2, 0.25) is 5.02 Å². The van der Waals surface area contributed by atoms with Gasteiger partial charge < -0.3 is 21.5 Å². The highest BCUT2D eigenvalue weighted by Crippen LogP contribution is 2.25. The van der Waals surface area contributed by atoms with E-state index in [1.54, 1.807) is 36.8 Å². The summed E-state index contributed by atoms with van der Waals surface area (Å²) in [7, 11) is 0. The molecule has 2 heterocycles. The molecule has 8 nitrogen and oxygen atoms in total. The minimum atomic E-state index is -1.44. The number of rotatable bonds is 8. The first-order chi connectivity index (χ1) is 14.4. The van der Waals surface area contributed by atoms with Crippen molar-refractivity contribution in [1.82, 2.24) is 20.6 Å². The summed E-state index contributed by atoms with van der Waals surface area (Å²) in [5, 5.41) is 16.7. The first-order valence-electron chi connectivity index (χ1n) is 9.45. The van der Waals surface area contributed by atoms with E-state index in [9.17, 15) is 9.90 Å². The topological polar surface area (TPSA) is 126 Å². The third kappa shape index (κ3) is 6.88. The molecule has 0 aliphatic heterocycles. The summed E-state index contributed by atoms with van der Waals surface area (Å²) >= 11 is 7.62. The molecule has 0 spiro atoms. The van der Waals surface area contributed by atoms with E-state index in [-0.39, 0.29) is 12.5 Å². The van der Waals surface area contributed by atoms with Crippen molar-refractivity contribution in [3.05, 3.63) is 64.0 Å². The molecule has 10 heteroatoms. The molecule has 0 aliphatic rings. The molecular weight excluding hydrogens is 436 g/mol. The number of nitrogens with two attached hydrogens (primary N) is 1. The van der Waals surface area contributed by atoms with Crippen molar-refractivity contribution >= 4 is 40.4 Å². The van der Waals surface area contributed by atoms with Gasteiger partial charge in [0.1, 0.15) is 10.6 Å². The molecule has 1 amide bonds. The maximum absolute atomic E-state index is 11.8. The van der Waals surface area contributed by atoms with Crippen LogP contribution >= 0.6 is 22.9 Å². The summed E-state index contributed by atoms with van der Waals surface area (Å²) in [5.74, 6) is -0.277. The van der Waals surface area contributed by atoms with Gasteiger partial charge in [-0.15, -0.1) is 11.3 Å². The Bertz CT molecular complexity index is 1010. The second-order valence-corrected chi connectivity index (χ2v) is 9.28. The average Bonchev–Trinajstić information content (AvgIpc) is 3.14. The van der Waals surface area contributed by atoms with Crippen LogP contribution in [0.15, 0.2) is 48.4 Å². The number of nitrogens with zero attached hydrogens (tertiary/aromatic N) is 3. The van der Waals surface area contributed by atoms with Gasteiger partial charge in [0.15, 0.2) is 5.96 Å². The van der Waals surface area contributed by atoms with E-state index < -0.39 is 17.0 Å². The Kier molecular flexibility index (Phi) is 7.94. The molecule has 0 unspecified atom stereocenters. The molecule has 0 bridgehead atoms. The van der Waals surface area contributed by atoms with Gasteiger partial charge in [0, 0.05) is 29.0 Å². The van der Waals surface area contributed by atoms with Crippen molar-refractivity contribution in [1.29, 1.82) is 0 Å². The highest BCUT2D eigenvalue weighted by Gasteiger charge is 2.25. The van der Waals surface area contributed by atoms with Crippen LogP contribution in [0.4, 0.5) is 0 Å². The molecule has 31 heavy (non-hydrogen) atoms. The quantitative estimate of drug-likeness (QED) is 0.271.